The zero-order valence-electron chi connectivity index (χ0n) is 15.5. The first-order valence-electron chi connectivity index (χ1n) is 9.08. The van der Waals surface area contributed by atoms with Gasteiger partial charge in [-0.05, 0) is 38.8 Å². The van der Waals surface area contributed by atoms with Crippen molar-refractivity contribution in [3.8, 4) is 0 Å². The van der Waals surface area contributed by atoms with Crippen molar-refractivity contribution in [2.24, 2.45) is 0 Å². The van der Waals surface area contributed by atoms with Gasteiger partial charge in [0.15, 0.2) is 0 Å². The van der Waals surface area contributed by atoms with Crippen LogP contribution >= 0.6 is 0 Å². The molecule has 0 radical (unpaired) electrons. The monoisotopic (exact) mass is 346 g/mol. The first kappa shape index (κ1) is 19.2. The van der Waals surface area contributed by atoms with Crippen LogP contribution in [-0.4, -0.2) is 60.5 Å². The second-order valence-electron chi connectivity index (χ2n) is 6.75. The molecule has 6 nitrogen and oxygen atoms in total. The number of likely N-dealkylation sites (tertiary alicyclic amines) is 1. The zero-order valence-corrected chi connectivity index (χ0v) is 15.5. The maximum atomic E-state index is 12.2. The number of amides is 3. The Labute approximate surface area is 150 Å². The van der Waals surface area contributed by atoms with Gasteiger partial charge in [0.25, 0.3) is 0 Å². The van der Waals surface area contributed by atoms with Crippen LogP contribution in [0.25, 0.3) is 0 Å². The Balaban J connectivity index is 1.79. The van der Waals surface area contributed by atoms with Gasteiger partial charge in [-0.2, -0.15) is 0 Å². The highest BCUT2D eigenvalue weighted by Gasteiger charge is 2.23. The highest BCUT2D eigenvalue weighted by atomic mass is 16.2. The third-order valence-corrected chi connectivity index (χ3v) is 4.66. The van der Waals surface area contributed by atoms with Gasteiger partial charge in [-0.1, -0.05) is 30.3 Å². The molecule has 25 heavy (non-hydrogen) atoms. The number of nitrogens with zero attached hydrogens (tertiary/aromatic N) is 2. The standard InChI is InChI=1S/C19H30N4O2/c1-4-22(3)18(24)15(2)20-19(25)21-17-11-8-12-23(14-17)13-16-9-6-5-7-10-16/h5-7,9-10,15,17H,4,8,11-14H2,1-3H3,(H2,20,21,25)/t15-,17-/m0/s1. The molecule has 0 aliphatic carbocycles. The van der Waals surface area contributed by atoms with Gasteiger partial charge < -0.3 is 15.5 Å². The van der Waals surface area contributed by atoms with E-state index in [1.807, 2.05) is 25.1 Å². The SMILES string of the molecule is CCN(C)C(=O)[C@H](C)NC(=O)N[C@H]1CCCN(Cc2ccccc2)C1. The van der Waals surface area contributed by atoms with E-state index in [1.165, 1.54) is 5.56 Å². The Morgan fingerprint density at radius 1 is 1.32 bits per heavy atom. The van der Waals surface area contributed by atoms with E-state index in [9.17, 15) is 9.59 Å². The average Bonchev–Trinajstić information content (AvgIpc) is 2.61. The molecule has 6 heteroatoms. The molecule has 138 valence electrons. The molecule has 0 aromatic heterocycles. The Morgan fingerprint density at radius 3 is 2.72 bits per heavy atom. The molecule has 0 spiro atoms. The molecule has 1 aromatic rings. The molecule has 0 bridgehead atoms. The minimum absolute atomic E-state index is 0.0769. The number of rotatable bonds is 6. The van der Waals surface area contributed by atoms with E-state index >= 15 is 0 Å². The van der Waals surface area contributed by atoms with Gasteiger partial charge in [0, 0.05) is 32.7 Å². The molecule has 1 heterocycles. The normalized spacial score (nSPS) is 19.1. The van der Waals surface area contributed by atoms with Gasteiger partial charge >= 0.3 is 6.03 Å². The van der Waals surface area contributed by atoms with Gasteiger partial charge in [-0.3, -0.25) is 9.69 Å². The summed E-state index contributed by atoms with van der Waals surface area (Å²) in [7, 11) is 1.74. The lowest BCUT2D eigenvalue weighted by Crippen LogP contribution is -2.54. The highest BCUT2D eigenvalue weighted by molar-refractivity contribution is 5.86. The quantitative estimate of drug-likeness (QED) is 0.826. The van der Waals surface area contributed by atoms with E-state index < -0.39 is 6.04 Å². The topological polar surface area (TPSA) is 64.7 Å². The molecule has 2 atom stereocenters. The van der Waals surface area contributed by atoms with Gasteiger partial charge in [-0.25, -0.2) is 4.79 Å². The lowest BCUT2D eigenvalue weighted by Gasteiger charge is -2.33. The molecule has 2 N–H and O–H groups in total. The first-order chi connectivity index (χ1) is 12.0. The summed E-state index contributed by atoms with van der Waals surface area (Å²) in [6.45, 7) is 7.04. The van der Waals surface area contributed by atoms with Crippen LogP contribution in [0.2, 0.25) is 0 Å². The summed E-state index contributed by atoms with van der Waals surface area (Å²) in [6, 6.07) is 9.70. The third-order valence-electron chi connectivity index (χ3n) is 4.66. The van der Waals surface area contributed by atoms with Crippen molar-refractivity contribution in [2.75, 3.05) is 26.7 Å². The summed E-state index contributed by atoms with van der Waals surface area (Å²) in [5.74, 6) is -0.0769. The number of nitrogens with one attached hydrogen (secondary N) is 2. The second kappa shape index (κ2) is 9.42. The summed E-state index contributed by atoms with van der Waals surface area (Å²) in [5.41, 5.74) is 1.29. The van der Waals surface area contributed by atoms with Crippen molar-refractivity contribution >= 4 is 11.9 Å². The van der Waals surface area contributed by atoms with E-state index in [0.29, 0.717) is 6.54 Å². The summed E-state index contributed by atoms with van der Waals surface area (Å²) < 4.78 is 0. The van der Waals surface area contributed by atoms with Crippen molar-refractivity contribution < 1.29 is 9.59 Å². The van der Waals surface area contributed by atoms with Crippen molar-refractivity contribution in [2.45, 2.75) is 45.3 Å². The van der Waals surface area contributed by atoms with E-state index in [4.69, 9.17) is 0 Å². The van der Waals surface area contributed by atoms with Crippen LogP contribution in [0.5, 0.6) is 0 Å². The number of carbonyl (C=O) groups is 2. The molecule has 1 fully saturated rings. The summed E-state index contributed by atoms with van der Waals surface area (Å²) >= 11 is 0. The van der Waals surface area contributed by atoms with Crippen LogP contribution in [0.3, 0.4) is 0 Å². The van der Waals surface area contributed by atoms with Gasteiger partial charge in [0.1, 0.15) is 6.04 Å². The minimum atomic E-state index is -0.519. The lowest BCUT2D eigenvalue weighted by molar-refractivity contribution is -0.131. The van der Waals surface area contributed by atoms with Crippen LogP contribution in [0.15, 0.2) is 30.3 Å². The number of carbonyl (C=O) groups excluding carboxylic acids is 2. The number of hydrogen-bond acceptors (Lipinski definition) is 3. The molecule has 1 aliphatic heterocycles. The molecule has 1 saturated heterocycles. The molecule has 3 amide bonds. The summed E-state index contributed by atoms with van der Waals surface area (Å²) in [6.07, 6.45) is 2.03. The smallest absolute Gasteiger partial charge is 0.315 e. The van der Waals surface area contributed by atoms with Gasteiger partial charge in [0.2, 0.25) is 5.91 Å². The van der Waals surface area contributed by atoms with Crippen LogP contribution in [0.4, 0.5) is 4.79 Å². The maximum absolute atomic E-state index is 12.2. The largest absolute Gasteiger partial charge is 0.344 e. The minimum Gasteiger partial charge on any atom is -0.344 e. The Kier molecular flexibility index (Phi) is 7.25. The average molecular weight is 346 g/mol. The van der Waals surface area contributed by atoms with Crippen molar-refractivity contribution in [1.82, 2.24) is 20.4 Å². The van der Waals surface area contributed by atoms with Crippen molar-refractivity contribution in [3.63, 3.8) is 0 Å². The van der Waals surface area contributed by atoms with E-state index in [1.54, 1.807) is 18.9 Å². The fourth-order valence-corrected chi connectivity index (χ4v) is 3.13. The van der Waals surface area contributed by atoms with Crippen LogP contribution in [-0.2, 0) is 11.3 Å². The fraction of sp³-hybridized carbons (Fsp3) is 0.579. The highest BCUT2D eigenvalue weighted by Crippen LogP contribution is 2.13. The molecule has 1 aromatic carbocycles. The predicted octanol–water partition coefficient (Wildman–Crippen LogP) is 1.82. The molecule has 0 saturated carbocycles. The van der Waals surface area contributed by atoms with Gasteiger partial charge in [0.05, 0.1) is 0 Å². The summed E-state index contributed by atoms with van der Waals surface area (Å²) in [5, 5.41) is 5.76. The summed E-state index contributed by atoms with van der Waals surface area (Å²) in [4.78, 5) is 28.2. The maximum Gasteiger partial charge on any atom is 0.315 e. The molecular weight excluding hydrogens is 316 g/mol. The Bertz CT molecular complexity index is 564. The number of piperidine rings is 1. The van der Waals surface area contributed by atoms with E-state index in [-0.39, 0.29) is 18.0 Å². The number of benzene rings is 1. The number of urea groups is 1. The molecule has 1 aliphatic rings. The number of likely N-dealkylation sites (N-methyl/N-ethyl adjacent to an activating group) is 1. The zero-order chi connectivity index (χ0) is 18.2. The molecule has 0 unspecified atom stereocenters. The van der Waals surface area contributed by atoms with E-state index in [2.05, 4.69) is 27.7 Å². The third kappa shape index (κ3) is 6.05. The van der Waals surface area contributed by atoms with Crippen LogP contribution in [0, 0.1) is 0 Å². The second-order valence-corrected chi connectivity index (χ2v) is 6.75. The van der Waals surface area contributed by atoms with Crippen molar-refractivity contribution in [3.05, 3.63) is 35.9 Å². The molecular formula is C19H30N4O2. The Morgan fingerprint density at radius 2 is 2.04 bits per heavy atom. The fourth-order valence-electron chi connectivity index (χ4n) is 3.13. The number of hydrogen-bond donors (Lipinski definition) is 2. The molecule has 2 rings (SSSR count). The van der Waals surface area contributed by atoms with Crippen molar-refractivity contribution in [1.29, 1.82) is 0 Å². The van der Waals surface area contributed by atoms with Gasteiger partial charge in [-0.15, -0.1) is 0 Å². The first-order valence-corrected chi connectivity index (χ1v) is 9.08. The van der Waals surface area contributed by atoms with Crippen LogP contribution < -0.4 is 10.6 Å². The lowest BCUT2D eigenvalue weighted by atomic mass is 10.0. The predicted molar refractivity (Wildman–Crippen MR) is 99.2 cm³/mol. The van der Waals surface area contributed by atoms with Crippen LogP contribution in [0.1, 0.15) is 32.3 Å². The van der Waals surface area contributed by atoms with E-state index in [0.717, 1.165) is 32.5 Å². The Hall–Kier alpha value is -2.08.